The summed E-state index contributed by atoms with van der Waals surface area (Å²) >= 11 is 11.9. The van der Waals surface area contributed by atoms with Crippen LogP contribution in [0.25, 0.3) is 11.3 Å². The second kappa shape index (κ2) is 8.23. The van der Waals surface area contributed by atoms with Crippen LogP contribution in [0.4, 0.5) is 11.4 Å². The predicted octanol–water partition coefficient (Wildman–Crippen LogP) is 5.01. The van der Waals surface area contributed by atoms with E-state index in [1.54, 1.807) is 12.1 Å². The fourth-order valence-corrected chi connectivity index (χ4v) is 3.91. The molecule has 148 valence electrons. The zero-order valence-electron chi connectivity index (χ0n) is 15.5. The predicted molar refractivity (Wildman–Crippen MR) is 118 cm³/mol. The molecule has 8 heteroatoms. The summed E-state index contributed by atoms with van der Waals surface area (Å²) in [4.78, 5) is 15.5. The van der Waals surface area contributed by atoms with Crippen LogP contribution in [0.2, 0.25) is 5.02 Å². The van der Waals surface area contributed by atoms with Crippen LogP contribution in [0.5, 0.6) is 0 Å². The number of furan rings is 1. The number of benzene rings is 2. The average molecular weight is 428 g/mol. The smallest absolute Gasteiger partial charge is 0.271 e. The Balaban J connectivity index is 1.43. The van der Waals surface area contributed by atoms with Gasteiger partial charge in [0, 0.05) is 49.6 Å². The first kappa shape index (κ1) is 19.4. The van der Waals surface area contributed by atoms with Crippen molar-refractivity contribution in [2.75, 3.05) is 31.1 Å². The molecule has 0 bridgehead atoms. The van der Waals surface area contributed by atoms with Gasteiger partial charge in [-0.1, -0.05) is 42.0 Å². The Labute approximate surface area is 178 Å². The van der Waals surface area contributed by atoms with Crippen LogP contribution >= 0.6 is 23.8 Å². The van der Waals surface area contributed by atoms with Gasteiger partial charge in [-0.3, -0.25) is 10.1 Å². The van der Waals surface area contributed by atoms with E-state index in [1.165, 1.54) is 6.07 Å². The Kier molecular flexibility index (Phi) is 5.51. The minimum absolute atomic E-state index is 0.100. The lowest BCUT2D eigenvalue weighted by Crippen LogP contribution is -2.48. The van der Waals surface area contributed by atoms with Crippen molar-refractivity contribution in [3.63, 3.8) is 0 Å². The van der Waals surface area contributed by atoms with Gasteiger partial charge in [-0.2, -0.15) is 0 Å². The van der Waals surface area contributed by atoms with Crippen molar-refractivity contribution in [3.05, 3.63) is 81.6 Å². The summed E-state index contributed by atoms with van der Waals surface area (Å²) < 4.78 is 5.96. The molecule has 1 aliphatic rings. The lowest BCUT2D eigenvalue weighted by Gasteiger charge is -2.36. The van der Waals surface area contributed by atoms with Crippen molar-refractivity contribution in [1.82, 2.24) is 4.90 Å². The molecule has 1 aliphatic heterocycles. The maximum absolute atomic E-state index is 11.0. The molecule has 1 saturated heterocycles. The molecule has 0 unspecified atom stereocenters. The Hall–Kier alpha value is -2.90. The summed E-state index contributed by atoms with van der Waals surface area (Å²) in [6, 6.07) is 18.0. The van der Waals surface area contributed by atoms with E-state index in [-0.39, 0.29) is 10.6 Å². The van der Waals surface area contributed by atoms with Crippen LogP contribution in [-0.2, 0) is 0 Å². The van der Waals surface area contributed by atoms with Gasteiger partial charge in [0.15, 0.2) is 5.76 Å². The Morgan fingerprint density at radius 2 is 1.79 bits per heavy atom. The summed E-state index contributed by atoms with van der Waals surface area (Å²) in [6.07, 6.45) is 0. The minimum Gasteiger partial charge on any atom is -0.454 e. The molecule has 1 aromatic heterocycles. The number of anilines is 1. The average Bonchev–Trinajstić information content (AvgIpc) is 3.24. The van der Waals surface area contributed by atoms with Gasteiger partial charge in [-0.25, -0.2) is 0 Å². The maximum Gasteiger partial charge on any atom is 0.271 e. The summed E-state index contributed by atoms with van der Waals surface area (Å²) in [5.41, 5.74) is 1.78. The Morgan fingerprint density at radius 1 is 1.03 bits per heavy atom. The molecule has 0 saturated carbocycles. The minimum atomic E-state index is -0.373. The van der Waals surface area contributed by atoms with Gasteiger partial charge >= 0.3 is 0 Å². The molecule has 2 heterocycles. The van der Waals surface area contributed by atoms with Gasteiger partial charge in [0.1, 0.15) is 10.7 Å². The van der Waals surface area contributed by atoms with Crippen LogP contribution < -0.4 is 4.90 Å². The first-order chi connectivity index (χ1) is 14.0. The van der Waals surface area contributed by atoms with Crippen molar-refractivity contribution in [2.45, 2.75) is 0 Å². The first-order valence-corrected chi connectivity index (χ1v) is 9.95. The summed E-state index contributed by atoms with van der Waals surface area (Å²) in [7, 11) is 0. The van der Waals surface area contributed by atoms with E-state index in [0.29, 0.717) is 34.6 Å². The Bertz CT molecular complexity index is 1060. The largest absolute Gasteiger partial charge is 0.454 e. The van der Waals surface area contributed by atoms with Crippen molar-refractivity contribution < 1.29 is 9.34 Å². The molecular formula is C21H18ClN3O3S. The molecule has 3 aromatic rings. The fourth-order valence-electron chi connectivity index (χ4n) is 3.39. The second-order valence-corrected chi connectivity index (χ2v) is 7.49. The highest BCUT2D eigenvalue weighted by atomic mass is 35.5. The number of non-ortho nitro benzene ring substituents is 1. The van der Waals surface area contributed by atoms with Crippen molar-refractivity contribution in [1.29, 1.82) is 0 Å². The molecule has 4 rings (SSSR count). The van der Waals surface area contributed by atoms with E-state index >= 15 is 0 Å². The number of hydrogen-bond donors (Lipinski definition) is 0. The zero-order valence-corrected chi connectivity index (χ0v) is 17.0. The summed E-state index contributed by atoms with van der Waals surface area (Å²) in [5.74, 6) is 1.32. The van der Waals surface area contributed by atoms with Crippen LogP contribution in [0.15, 0.2) is 65.1 Å². The van der Waals surface area contributed by atoms with Crippen molar-refractivity contribution in [3.8, 4) is 11.3 Å². The van der Waals surface area contributed by atoms with Crippen LogP contribution in [0, 0.1) is 10.1 Å². The van der Waals surface area contributed by atoms with E-state index in [1.807, 2.05) is 42.5 Å². The van der Waals surface area contributed by atoms with E-state index in [0.717, 1.165) is 24.3 Å². The number of hydrogen-bond acceptors (Lipinski definition) is 5. The first-order valence-electron chi connectivity index (χ1n) is 9.16. The quantitative estimate of drug-likeness (QED) is 0.331. The third-order valence-corrected chi connectivity index (χ3v) is 5.72. The third kappa shape index (κ3) is 4.11. The van der Waals surface area contributed by atoms with E-state index in [9.17, 15) is 10.1 Å². The van der Waals surface area contributed by atoms with Crippen molar-refractivity contribution >= 4 is 40.2 Å². The summed E-state index contributed by atoms with van der Waals surface area (Å²) in [6.45, 7) is 2.87. The second-order valence-electron chi connectivity index (χ2n) is 6.70. The van der Waals surface area contributed by atoms with Gasteiger partial charge in [-0.05, 0) is 30.3 Å². The highest BCUT2D eigenvalue weighted by Crippen LogP contribution is 2.30. The molecule has 1 fully saturated rings. The van der Waals surface area contributed by atoms with Crippen molar-refractivity contribution in [2.24, 2.45) is 0 Å². The number of nitrogens with zero attached hydrogens (tertiary/aromatic N) is 3. The number of rotatable bonds is 4. The van der Waals surface area contributed by atoms with Gasteiger partial charge < -0.3 is 14.2 Å². The standard InChI is InChI=1S/C21H18ClN3O3S/c22-18-7-2-1-6-17(18)19-8-9-20(28-19)21(29)24-12-10-23(11-13-24)15-4-3-5-16(14-15)25(26)27/h1-9,14H,10-13H2. The molecule has 0 atom stereocenters. The lowest BCUT2D eigenvalue weighted by molar-refractivity contribution is -0.384. The number of nitro benzene ring substituents is 1. The van der Waals surface area contributed by atoms with E-state index in [2.05, 4.69) is 9.80 Å². The topological polar surface area (TPSA) is 62.8 Å². The Morgan fingerprint density at radius 3 is 2.52 bits per heavy atom. The highest BCUT2D eigenvalue weighted by molar-refractivity contribution is 7.80. The normalized spacial score (nSPS) is 14.1. The third-order valence-electron chi connectivity index (χ3n) is 4.93. The molecular weight excluding hydrogens is 410 g/mol. The molecule has 6 nitrogen and oxygen atoms in total. The van der Waals surface area contributed by atoms with Gasteiger partial charge in [0.05, 0.1) is 9.95 Å². The van der Waals surface area contributed by atoms with E-state index in [4.69, 9.17) is 28.2 Å². The van der Waals surface area contributed by atoms with Crippen LogP contribution in [0.1, 0.15) is 5.76 Å². The van der Waals surface area contributed by atoms with Gasteiger partial charge in [0.2, 0.25) is 0 Å². The summed E-state index contributed by atoms with van der Waals surface area (Å²) in [5, 5.41) is 11.6. The van der Waals surface area contributed by atoms with Crippen LogP contribution in [0.3, 0.4) is 0 Å². The maximum atomic E-state index is 11.0. The molecule has 0 amide bonds. The fraction of sp³-hybridized carbons (Fsp3) is 0.190. The number of piperazine rings is 1. The van der Waals surface area contributed by atoms with E-state index < -0.39 is 0 Å². The highest BCUT2D eigenvalue weighted by Gasteiger charge is 2.23. The molecule has 0 radical (unpaired) electrons. The van der Waals surface area contributed by atoms with Gasteiger partial charge in [0.25, 0.3) is 5.69 Å². The number of halogens is 1. The SMILES string of the molecule is O=[N+]([O-])c1cccc(N2CCN(C(=S)c3ccc(-c4ccccc4Cl)o3)CC2)c1. The monoisotopic (exact) mass is 427 g/mol. The molecule has 0 N–H and O–H groups in total. The molecule has 29 heavy (non-hydrogen) atoms. The van der Waals surface area contributed by atoms with Crippen LogP contribution in [-0.4, -0.2) is 41.0 Å². The van der Waals surface area contributed by atoms with Gasteiger partial charge in [-0.15, -0.1) is 0 Å². The molecule has 2 aromatic carbocycles. The lowest BCUT2D eigenvalue weighted by atomic mass is 10.2. The molecule has 0 spiro atoms. The molecule has 0 aliphatic carbocycles. The zero-order chi connectivity index (χ0) is 20.4. The number of nitro groups is 1. The number of thiocarbonyl (C=S) groups is 1.